The smallest absolute Gasteiger partial charge is 0.328 e. The Morgan fingerprint density at radius 1 is 1.29 bits per heavy atom. The molecule has 0 aromatic rings. The Morgan fingerprint density at radius 2 is 1.82 bits per heavy atom. The van der Waals surface area contributed by atoms with Gasteiger partial charge in [0, 0.05) is 12.0 Å². The number of nitrogens with one attached hydrogen (secondary N) is 1. The van der Waals surface area contributed by atoms with Crippen LogP contribution in [0.5, 0.6) is 0 Å². The first-order chi connectivity index (χ1) is 7.84. The molecule has 0 aliphatic heterocycles. The van der Waals surface area contributed by atoms with Crippen LogP contribution >= 0.6 is 0 Å². The summed E-state index contributed by atoms with van der Waals surface area (Å²) < 4.78 is 4.69. The Labute approximate surface area is 103 Å². The summed E-state index contributed by atoms with van der Waals surface area (Å²) in [5.74, 6) is -0.918. The first-order valence-electron chi connectivity index (χ1n) is 5.98. The molecule has 0 saturated carbocycles. The summed E-state index contributed by atoms with van der Waals surface area (Å²) in [5, 5.41) is 2.71. The van der Waals surface area contributed by atoms with Gasteiger partial charge < -0.3 is 15.8 Å². The molecule has 0 heterocycles. The molecule has 17 heavy (non-hydrogen) atoms. The van der Waals surface area contributed by atoms with Gasteiger partial charge in [-0.1, -0.05) is 27.2 Å². The summed E-state index contributed by atoms with van der Waals surface area (Å²) in [5.41, 5.74) is 5.65. The molecule has 0 fully saturated rings. The van der Waals surface area contributed by atoms with Gasteiger partial charge in [-0.25, -0.2) is 4.79 Å². The maximum absolute atomic E-state index is 11.8. The Bertz CT molecular complexity index is 266. The molecular formula is C12H24N2O3. The van der Waals surface area contributed by atoms with E-state index in [4.69, 9.17) is 10.5 Å². The predicted molar refractivity (Wildman–Crippen MR) is 66.2 cm³/mol. The number of nitrogens with two attached hydrogens (primary N) is 1. The van der Waals surface area contributed by atoms with E-state index in [0.717, 1.165) is 6.42 Å². The number of carbonyl (C=O) groups excluding carboxylic acids is 2. The molecule has 0 aromatic carbocycles. The van der Waals surface area contributed by atoms with Gasteiger partial charge in [-0.05, 0) is 12.8 Å². The van der Waals surface area contributed by atoms with Crippen molar-refractivity contribution < 1.29 is 14.3 Å². The van der Waals surface area contributed by atoms with E-state index in [1.54, 1.807) is 13.8 Å². The van der Waals surface area contributed by atoms with Crippen molar-refractivity contribution in [1.82, 2.24) is 5.32 Å². The van der Waals surface area contributed by atoms with Crippen LogP contribution in [-0.4, -0.2) is 31.1 Å². The lowest BCUT2D eigenvalue weighted by Gasteiger charge is -2.24. The highest BCUT2D eigenvalue weighted by Gasteiger charge is 2.29. The minimum Gasteiger partial charge on any atom is -0.467 e. The number of rotatable bonds is 6. The van der Waals surface area contributed by atoms with Gasteiger partial charge in [0.25, 0.3) is 0 Å². The van der Waals surface area contributed by atoms with Crippen LogP contribution in [0.25, 0.3) is 0 Å². The largest absolute Gasteiger partial charge is 0.467 e. The second kappa shape index (κ2) is 7.27. The second-order valence-corrected chi connectivity index (χ2v) is 4.54. The van der Waals surface area contributed by atoms with E-state index in [-0.39, 0.29) is 23.8 Å². The Morgan fingerprint density at radius 3 is 2.18 bits per heavy atom. The minimum atomic E-state index is -0.598. The first-order valence-corrected chi connectivity index (χ1v) is 5.98. The van der Waals surface area contributed by atoms with E-state index in [2.05, 4.69) is 5.32 Å². The zero-order valence-electron chi connectivity index (χ0n) is 11.3. The molecular weight excluding hydrogens is 220 g/mol. The molecule has 0 aromatic heterocycles. The summed E-state index contributed by atoms with van der Waals surface area (Å²) in [4.78, 5) is 23.4. The molecule has 0 saturated heterocycles. The lowest BCUT2D eigenvalue weighted by Crippen LogP contribution is -2.49. The molecule has 2 unspecified atom stereocenters. The van der Waals surface area contributed by atoms with Crippen LogP contribution in [0.4, 0.5) is 0 Å². The van der Waals surface area contributed by atoms with Crippen LogP contribution in [0.2, 0.25) is 0 Å². The summed E-state index contributed by atoms with van der Waals surface area (Å²) >= 11 is 0. The van der Waals surface area contributed by atoms with Crippen LogP contribution < -0.4 is 11.1 Å². The molecule has 0 radical (unpaired) electrons. The highest BCUT2D eigenvalue weighted by molar-refractivity contribution is 5.86. The Hall–Kier alpha value is -1.10. The van der Waals surface area contributed by atoms with E-state index in [9.17, 15) is 9.59 Å². The first kappa shape index (κ1) is 15.9. The van der Waals surface area contributed by atoms with Crippen molar-refractivity contribution in [3.8, 4) is 0 Å². The average molecular weight is 244 g/mol. The van der Waals surface area contributed by atoms with Crippen molar-refractivity contribution in [1.29, 1.82) is 0 Å². The zero-order chi connectivity index (χ0) is 13.6. The van der Waals surface area contributed by atoms with Gasteiger partial charge in [-0.2, -0.15) is 0 Å². The van der Waals surface area contributed by atoms with E-state index in [1.165, 1.54) is 7.11 Å². The molecule has 0 bridgehead atoms. The number of hydrogen-bond acceptors (Lipinski definition) is 4. The molecule has 5 heteroatoms. The molecule has 0 aliphatic carbocycles. The maximum atomic E-state index is 11.8. The van der Waals surface area contributed by atoms with E-state index >= 15 is 0 Å². The van der Waals surface area contributed by atoms with Gasteiger partial charge in [0.2, 0.25) is 5.91 Å². The summed E-state index contributed by atoms with van der Waals surface area (Å²) in [6, 6.07) is -0.844. The van der Waals surface area contributed by atoms with Crippen molar-refractivity contribution >= 4 is 11.9 Å². The maximum Gasteiger partial charge on any atom is 0.328 e. The number of ether oxygens (including phenoxy) is 1. The fraction of sp³-hybridized carbons (Fsp3) is 0.833. The van der Waals surface area contributed by atoms with Gasteiger partial charge in [-0.3, -0.25) is 4.79 Å². The quantitative estimate of drug-likeness (QED) is 0.673. The Balaban J connectivity index is 4.64. The number of carbonyl (C=O) groups is 2. The fourth-order valence-corrected chi connectivity index (χ4v) is 1.32. The van der Waals surface area contributed by atoms with E-state index in [0.29, 0.717) is 0 Å². The third kappa shape index (κ3) is 4.73. The van der Waals surface area contributed by atoms with Crippen LogP contribution in [0.15, 0.2) is 0 Å². The number of methoxy groups -OCH3 is 1. The standard InChI is InChI=1S/C12H24N2O3/c1-6-7(2)10(12(16)17-5)14-11(15)8(3)9(4)13/h7-10H,6,13H2,1-5H3,(H,14,15)/t7-,8?,9?,10-/m0/s1. The molecule has 1 amide bonds. The molecule has 5 nitrogen and oxygen atoms in total. The predicted octanol–water partition coefficient (Wildman–Crippen LogP) is 0.674. The summed E-state index contributed by atoms with van der Waals surface area (Å²) in [6.45, 7) is 7.37. The summed E-state index contributed by atoms with van der Waals surface area (Å²) in [7, 11) is 1.32. The van der Waals surface area contributed by atoms with Crippen molar-refractivity contribution in [2.24, 2.45) is 17.6 Å². The van der Waals surface area contributed by atoms with E-state index < -0.39 is 12.0 Å². The number of hydrogen-bond donors (Lipinski definition) is 2. The topological polar surface area (TPSA) is 81.4 Å². The highest BCUT2D eigenvalue weighted by atomic mass is 16.5. The van der Waals surface area contributed by atoms with Crippen LogP contribution in [0.3, 0.4) is 0 Å². The van der Waals surface area contributed by atoms with Crippen molar-refractivity contribution in [3.05, 3.63) is 0 Å². The summed E-state index contributed by atoms with van der Waals surface area (Å²) in [6.07, 6.45) is 0.784. The lowest BCUT2D eigenvalue weighted by atomic mass is 9.97. The lowest BCUT2D eigenvalue weighted by molar-refractivity contribution is -0.147. The number of esters is 1. The monoisotopic (exact) mass is 244 g/mol. The molecule has 4 atom stereocenters. The zero-order valence-corrected chi connectivity index (χ0v) is 11.3. The SMILES string of the molecule is CC[C@H](C)[C@H](NC(=O)C(C)C(C)N)C(=O)OC. The van der Waals surface area contributed by atoms with Crippen molar-refractivity contribution in [3.63, 3.8) is 0 Å². The van der Waals surface area contributed by atoms with Crippen LogP contribution in [0, 0.1) is 11.8 Å². The Kier molecular flexibility index (Phi) is 6.80. The van der Waals surface area contributed by atoms with Crippen molar-refractivity contribution in [2.45, 2.75) is 46.2 Å². The molecule has 3 N–H and O–H groups in total. The normalized spacial score (nSPS) is 17.8. The van der Waals surface area contributed by atoms with Gasteiger partial charge in [0.15, 0.2) is 0 Å². The van der Waals surface area contributed by atoms with E-state index in [1.807, 2.05) is 13.8 Å². The molecule has 0 spiro atoms. The van der Waals surface area contributed by atoms with Crippen LogP contribution in [0.1, 0.15) is 34.1 Å². The molecule has 100 valence electrons. The third-order valence-electron chi connectivity index (χ3n) is 3.17. The van der Waals surface area contributed by atoms with Crippen molar-refractivity contribution in [2.75, 3.05) is 7.11 Å². The second-order valence-electron chi connectivity index (χ2n) is 4.54. The van der Waals surface area contributed by atoms with Gasteiger partial charge >= 0.3 is 5.97 Å². The molecule has 0 aliphatic rings. The van der Waals surface area contributed by atoms with Gasteiger partial charge in [-0.15, -0.1) is 0 Å². The van der Waals surface area contributed by atoms with Crippen LogP contribution in [-0.2, 0) is 14.3 Å². The molecule has 0 rings (SSSR count). The number of amides is 1. The van der Waals surface area contributed by atoms with Gasteiger partial charge in [0.1, 0.15) is 6.04 Å². The highest BCUT2D eigenvalue weighted by Crippen LogP contribution is 2.11. The van der Waals surface area contributed by atoms with Gasteiger partial charge in [0.05, 0.1) is 7.11 Å². The third-order valence-corrected chi connectivity index (χ3v) is 3.17. The fourth-order valence-electron chi connectivity index (χ4n) is 1.32. The minimum absolute atomic E-state index is 0.0340. The average Bonchev–Trinajstić information content (AvgIpc) is 2.32.